The molecule has 0 radical (unpaired) electrons. The summed E-state index contributed by atoms with van der Waals surface area (Å²) in [5.74, 6) is -0.473. The molecule has 5 nitrogen and oxygen atoms in total. The zero-order valence-electron chi connectivity index (χ0n) is 8.16. The third-order valence-corrected chi connectivity index (χ3v) is 1.77. The Morgan fingerprint density at radius 3 is 2.79 bits per heavy atom. The molecule has 1 N–H and O–H groups in total. The second-order valence-corrected chi connectivity index (χ2v) is 3.09. The van der Waals surface area contributed by atoms with Crippen molar-refractivity contribution in [2.75, 3.05) is 6.54 Å². The van der Waals surface area contributed by atoms with Crippen molar-refractivity contribution in [3.05, 3.63) is 12.2 Å². The number of ether oxygens (including phenoxy) is 1. The van der Waals surface area contributed by atoms with E-state index in [1.807, 2.05) is 0 Å². The summed E-state index contributed by atoms with van der Waals surface area (Å²) in [6, 6.07) is -0.391. The Morgan fingerprint density at radius 2 is 2.36 bits per heavy atom. The first-order chi connectivity index (χ1) is 6.50. The predicted molar refractivity (Wildman–Crippen MR) is 51.2 cm³/mol. The smallest absolute Gasteiger partial charge is 0.341 e. The zero-order valence-corrected chi connectivity index (χ0v) is 8.16. The van der Waals surface area contributed by atoms with Crippen LogP contribution in [0.25, 0.3) is 0 Å². The fourth-order valence-electron chi connectivity index (χ4n) is 0.939. The van der Waals surface area contributed by atoms with Gasteiger partial charge in [-0.2, -0.15) is 4.99 Å². The number of hydrogen-bond donors (Lipinski definition) is 1. The number of esters is 1. The van der Waals surface area contributed by atoms with Crippen LogP contribution in [0.3, 0.4) is 0 Å². The fraction of sp³-hybridized carbons (Fsp3) is 0.444. The Kier molecular flexibility index (Phi) is 3.01. The molecule has 2 amide bonds. The van der Waals surface area contributed by atoms with Gasteiger partial charge in [-0.1, -0.05) is 6.58 Å². The largest absolute Gasteiger partial charge is 0.453 e. The van der Waals surface area contributed by atoms with Gasteiger partial charge in [0.15, 0.2) is 0 Å². The Bertz CT molecular complexity index is 320. The highest BCUT2D eigenvalue weighted by Gasteiger charge is 2.21. The third kappa shape index (κ3) is 2.42. The number of nitrogens with zero attached hydrogens (tertiary/aromatic N) is 1. The lowest BCUT2D eigenvalue weighted by molar-refractivity contribution is -0.140. The summed E-state index contributed by atoms with van der Waals surface area (Å²) in [6.45, 7) is 7.02. The van der Waals surface area contributed by atoms with Crippen molar-refractivity contribution in [3.8, 4) is 0 Å². The lowest BCUT2D eigenvalue weighted by Crippen LogP contribution is -2.28. The first-order valence-corrected chi connectivity index (χ1v) is 4.22. The topological polar surface area (TPSA) is 67.8 Å². The molecule has 0 spiro atoms. The first-order valence-electron chi connectivity index (χ1n) is 4.22. The van der Waals surface area contributed by atoms with Crippen molar-refractivity contribution in [2.24, 2.45) is 4.99 Å². The van der Waals surface area contributed by atoms with Gasteiger partial charge in [0.25, 0.3) is 0 Å². The van der Waals surface area contributed by atoms with E-state index in [9.17, 15) is 9.59 Å². The summed E-state index contributed by atoms with van der Waals surface area (Å²) >= 11 is 0. The number of aliphatic imine (C=N–C) groups is 1. The van der Waals surface area contributed by atoms with Crippen LogP contribution in [0.15, 0.2) is 17.1 Å². The number of amides is 2. The standard InChI is InChI=1S/C9H12N2O3/c1-5(2)8(12)14-6(3)7-4-10-9(13)11-7/h6H,1,4H2,2-3H3,(H,10,13). The van der Waals surface area contributed by atoms with E-state index >= 15 is 0 Å². The van der Waals surface area contributed by atoms with Crippen LogP contribution in [-0.2, 0) is 9.53 Å². The highest BCUT2D eigenvalue weighted by molar-refractivity contribution is 6.05. The van der Waals surface area contributed by atoms with Gasteiger partial charge in [-0.05, 0) is 13.8 Å². The Morgan fingerprint density at radius 1 is 1.71 bits per heavy atom. The molecule has 0 saturated heterocycles. The van der Waals surface area contributed by atoms with Gasteiger partial charge in [-0.15, -0.1) is 0 Å². The highest BCUT2D eigenvalue weighted by Crippen LogP contribution is 2.03. The number of hydrogen-bond acceptors (Lipinski definition) is 3. The van der Waals surface area contributed by atoms with Crippen LogP contribution in [-0.4, -0.2) is 30.4 Å². The van der Waals surface area contributed by atoms with Crippen LogP contribution in [0.2, 0.25) is 0 Å². The van der Waals surface area contributed by atoms with Gasteiger partial charge in [0, 0.05) is 5.57 Å². The van der Waals surface area contributed by atoms with Gasteiger partial charge in [0.1, 0.15) is 6.10 Å². The molecule has 76 valence electrons. The van der Waals surface area contributed by atoms with E-state index in [4.69, 9.17) is 4.74 Å². The molecule has 0 aromatic heterocycles. The molecule has 1 heterocycles. The molecule has 0 aromatic carbocycles. The quantitative estimate of drug-likeness (QED) is 0.532. The molecule has 1 atom stereocenters. The molecule has 0 bridgehead atoms. The lowest BCUT2D eigenvalue weighted by atomic mass is 10.2. The van der Waals surface area contributed by atoms with Gasteiger partial charge in [0.2, 0.25) is 0 Å². The van der Waals surface area contributed by atoms with Crippen LogP contribution in [0.1, 0.15) is 13.8 Å². The lowest BCUT2D eigenvalue weighted by Gasteiger charge is -2.11. The summed E-state index contributed by atoms with van der Waals surface area (Å²) in [5, 5.41) is 2.50. The number of nitrogens with one attached hydrogen (secondary N) is 1. The van der Waals surface area contributed by atoms with Gasteiger partial charge in [-0.25, -0.2) is 9.59 Å². The minimum absolute atomic E-state index is 0.328. The van der Waals surface area contributed by atoms with Gasteiger partial charge in [0.05, 0.1) is 12.3 Å². The van der Waals surface area contributed by atoms with Crippen LogP contribution in [0.4, 0.5) is 4.79 Å². The summed E-state index contributed by atoms with van der Waals surface area (Å²) < 4.78 is 4.98. The molecule has 0 aromatic rings. The molecule has 5 heteroatoms. The highest BCUT2D eigenvalue weighted by atomic mass is 16.5. The second kappa shape index (κ2) is 4.04. The van der Waals surface area contributed by atoms with Crippen molar-refractivity contribution in [2.45, 2.75) is 20.0 Å². The van der Waals surface area contributed by atoms with E-state index in [0.717, 1.165) is 0 Å². The maximum Gasteiger partial charge on any atom is 0.341 e. The van der Waals surface area contributed by atoms with Crippen molar-refractivity contribution >= 4 is 17.7 Å². The normalized spacial score (nSPS) is 17.0. The van der Waals surface area contributed by atoms with Crippen LogP contribution in [0.5, 0.6) is 0 Å². The Hall–Kier alpha value is -1.65. The van der Waals surface area contributed by atoms with Gasteiger partial charge < -0.3 is 10.1 Å². The third-order valence-electron chi connectivity index (χ3n) is 1.77. The van der Waals surface area contributed by atoms with Crippen molar-refractivity contribution < 1.29 is 14.3 Å². The van der Waals surface area contributed by atoms with Crippen molar-refractivity contribution in [3.63, 3.8) is 0 Å². The molecule has 1 unspecified atom stereocenters. The minimum atomic E-state index is -0.488. The first kappa shape index (κ1) is 10.4. The predicted octanol–water partition coefficient (Wildman–Crippen LogP) is 0.658. The molecule has 1 aliphatic heterocycles. The number of carbonyl (C=O) groups excluding carboxylic acids is 2. The summed E-state index contributed by atoms with van der Waals surface area (Å²) in [4.78, 5) is 25.5. The summed E-state index contributed by atoms with van der Waals surface area (Å²) in [5.41, 5.74) is 0.860. The Balaban J connectivity index is 2.54. The molecular formula is C9H12N2O3. The number of carbonyl (C=O) groups is 2. The molecule has 0 fully saturated rings. The fourth-order valence-corrected chi connectivity index (χ4v) is 0.939. The van der Waals surface area contributed by atoms with Crippen LogP contribution in [0, 0.1) is 0 Å². The average molecular weight is 196 g/mol. The van der Waals surface area contributed by atoms with E-state index in [1.54, 1.807) is 13.8 Å². The molecular weight excluding hydrogens is 184 g/mol. The number of urea groups is 1. The van der Waals surface area contributed by atoms with Gasteiger partial charge in [-0.3, -0.25) is 0 Å². The monoisotopic (exact) mass is 196 g/mol. The van der Waals surface area contributed by atoms with E-state index in [2.05, 4.69) is 16.9 Å². The second-order valence-electron chi connectivity index (χ2n) is 3.09. The zero-order chi connectivity index (χ0) is 10.7. The molecule has 14 heavy (non-hydrogen) atoms. The molecule has 0 saturated carbocycles. The summed E-state index contributed by atoms with van der Waals surface area (Å²) in [7, 11) is 0. The average Bonchev–Trinajstić information content (AvgIpc) is 2.51. The van der Waals surface area contributed by atoms with Crippen LogP contribution < -0.4 is 5.32 Å². The maximum absolute atomic E-state index is 11.1. The van der Waals surface area contributed by atoms with Crippen molar-refractivity contribution in [1.82, 2.24) is 5.32 Å². The van der Waals surface area contributed by atoms with E-state index in [1.165, 1.54) is 0 Å². The molecule has 1 aliphatic rings. The van der Waals surface area contributed by atoms with E-state index in [-0.39, 0.29) is 0 Å². The molecule has 0 aliphatic carbocycles. The summed E-state index contributed by atoms with van der Waals surface area (Å²) in [6.07, 6.45) is -0.488. The van der Waals surface area contributed by atoms with Gasteiger partial charge >= 0.3 is 12.0 Å². The van der Waals surface area contributed by atoms with E-state index < -0.39 is 18.1 Å². The minimum Gasteiger partial charge on any atom is -0.453 e. The Labute approximate surface area is 81.8 Å². The maximum atomic E-state index is 11.1. The number of rotatable bonds is 3. The van der Waals surface area contributed by atoms with Crippen LogP contribution >= 0.6 is 0 Å². The molecule has 1 rings (SSSR count). The van der Waals surface area contributed by atoms with Crippen molar-refractivity contribution in [1.29, 1.82) is 0 Å². The SMILES string of the molecule is C=C(C)C(=O)OC(C)C1=NC(=O)NC1. The van der Waals surface area contributed by atoms with E-state index in [0.29, 0.717) is 17.8 Å².